The second-order valence-corrected chi connectivity index (χ2v) is 4.68. The van der Waals surface area contributed by atoms with Crippen molar-refractivity contribution in [2.45, 2.75) is 31.9 Å². The summed E-state index contributed by atoms with van der Waals surface area (Å²) in [5.41, 5.74) is 0. The number of carbonyl (C=O) groups is 1. The molecule has 5 heteroatoms. The molecule has 2 heterocycles. The molecule has 5 nitrogen and oxygen atoms in total. The largest absolute Gasteiger partial charge is 0.465 e. The summed E-state index contributed by atoms with van der Waals surface area (Å²) in [6.07, 6.45) is 1.44. The summed E-state index contributed by atoms with van der Waals surface area (Å²) in [4.78, 5) is 14.7. The van der Waals surface area contributed by atoms with Crippen molar-refractivity contribution in [2.75, 3.05) is 32.8 Å². The third kappa shape index (κ3) is 2.65. The SMILES string of the molecule is C[C@H]1CN(C2CCN(C(=O)O)CC2)CCO1. The first-order valence-electron chi connectivity index (χ1n) is 6.00. The zero-order chi connectivity index (χ0) is 11.5. The maximum absolute atomic E-state index is 10.8. The van der Waals surface area contributed by atoms with Crippen LogP contribution >= 0.6 is 0 Å². The van der Waals surface area contributed by atoms with Gasteiger partial charge in [-0.15, -0.1) is 0 Å². The van der Waals surface area contributed by atoms with Gasteiger partial charge in [-0.1, -0.05) is 0 Å². The average Bonchev–Trinajstić information content (AvgIpc) is 2.29. The maximum atomic E-state index is 10.8. The van der Waals surface area contributed by atoms with Crippen molar-refractivity contribution in [2.24, 2.45) is 0 Å². The molecule has 1 N–H and O–H groups in total. The fourth-order valence-electron chi connectivity index (χ4n) is 2.60. The fraction of sp³-hybridized carbons (Fsp3) is 0.909. The summed E-state index contributed by atoms with van der Waals surface area (Å²) >= 11 is 0. The Morgan fingerprint density at radius 3 is 2.56 bits per heavy atom. The summed E-state index contributed by atoms with van der Waals surface area (Å²) < 4.78 is 5.51. The molecule has 1 amide bonds. The lowest BCUT2D eigenvalue weighted by Crippen LogP contribution is -2.51. The van der Waals surface area contributed by atoms with Gasteiger partial charge in [0.15, 0.2) is 0 Å². The van der Waals surface area contributed by atoms with Gasteiger partial charge in [0, 0.05) is 32.2 Å². The number of morpholine rings is 1. The molecule has 0 aromatic rings. The number of nitrogens with zero attached hydrogens (tertiary/aromatic N) is 2. The van der Waals surface area contributed by atoms with Gasteiger partial charge in [-0.2, -0.15) is 0 Å². The van der Waals surface area contributed by atoms with Crippen LogP contribution in [0.3, 0.4) is 0 Å². The Morgan fingerprint density at radius 2 is 2.00 bits per heavy atom. The van der Waals surface area contributed by atoms with E-state index in [9.17, 15) is 4.79 Å². The highest BCUT2D eigenvalue weighted by Gasteiger charge is 2.29. The molecule has 0 aromatic heterocycles. The van der Waals surface area contributed by atoms with Gasteiger partial charge in [0.05, 0.1) is 12.7 Å². The predicted octanol–water partition coefficient (Wildman–Crippen LogP) is 0.850. The molecule has 0 spiro atoms. The van der Waals surface area contributed by atoms with E-state index in [0.29, 0.717) is 25.2 Å². The van der Waals surface area contributed by atoms with Gasteiger partial charge in [0.1, 0.15) is 0 Å². The van der Waals surface area contributed by atoms with Crippen LogP contribution in [0.4, 0.5) is 4.79 Å². The molecular weight excluding hydrogens is 208 g/mol. The van der Waals surface area contributed by atoms with Crippen LogP contribution in [0.15, 0.2) is 0 Å². The highest BCUT2D eigenvalue weighted by molar-refractivity contribution is 5.65. The van der Waals surface area contributed by atoms with Crippen LogP contribution in [0, 0.1) is 0 Å². The monoisotopic (exact) mass is 228 g/mol. The maximum Gasteiger partial charge on any atom is 0.407 e. The topological polar surface area (TPSA) is 53.0 Å². The van der Waals surface area contributed by atoms with E-state index in [0.717, 1.165) is 32.5 Å². The van der Waals surface area contributed by atoms with Crippen LogP contribution in [0.2, 0.25) is 0 Å². The molecular formula is C11H20N2O3. The van der Waals surface area contributed by atoms with E-state index in [1.807, 2.05) is 0 Å². The Morgan fingerprint density at radius 1 is 1.31 bits per heavy atom. The van der Waals surface area contributed by atoms with Crippen molar-refractivity contribution >= 4 is 6.09 Å². The first-order valence-corrected chi connectivity index (χ1v) is 6.00. The number of piperidine rings is 1. The summed E-state index contributed by atoms with van der Waals surface area (Å²) in [5.74, 6) is 0. The summed E-state index contributed by atoms with van der Waals surface area (Å²) in [6, 6.07) is 0.543. The summed E-state index contributed by atoms with van der Waals surface area (Å²) in [5, 5.41) is 8.87. The third-order valence-corrected chi connectivity index (χ3v) is 3.52. The molecule has 2 aliphatic rings. The zero-order valence-corrected chi connectivity index (χ0v) is 9.76. The minimum absolute atomic E-state index is 0.311. The molecule has 0 unspecified atom stereocenters. The number of carboxylic acid groups (broad SMARTS) is 1. The van der Waals surface area contributed by atoms with E-state index in [4.69, 9.17) is 9.84 Å². The molecule has 2 aliphatic heterocycles. The van der Waals surface area contributed by atoms with E-state index in [2.05, 4.69) is 11.8 Å². The van der Waals surface area contributed by atoms with Crippen LogP contribution in [0.5, 0.6) is 0 Å². The molecule has 2 fully saturated rings. The van der Waals surface area contributed by atoms with E-state index >= 15 is 0 Å². The Hall–Kier alpha value is -0.810. The molecule has 0 aliphatic carbocycles. The number of hydrogen-bond acceptors (Lipinski definition) is 3. The van der Waals surface area contributed by atoms with Crippen LogP contribution in [-0.4, -0.2) is 65.9 Å². The fourth-order valence-corrected chi connectivity index (χ4v) is 2.60. The van der Waals surface area contributed by atoms with E-state index in [-0.39, 0.29) is 0 Å². The third-order valence-electron chi connectivity index (χ3n) is 3.52. The Bertz CT molecular complexity index is 252. The minimum Gasteiger partial charge on any atom is -0.465 e. The van der Waals surface area contributed by atoms with Crippen LogP contribution < -0.4 is 0 Å². The number of ether oxygens (including phenoxy) is 1. The lowest BCUT2D eigenvalue weighted by molar-refractivity contribution is -0.0425. The summed E-state index contributed by atoms with van der Waals surface area (Å²) in [6.45, 7) is 6.22. The highest BCUT2D eigenvalue weighted by atomic mass is 16.5. The second-order valence-electron chi connectivity index (χ2n) is 4.68. The van der Waals surface area contributed by atoms with Crippen molar-refractivity contribution in [1.82, 2.24) is 9.80 Å². The lowest BCUT2D eigenvalue weighted by Gasteiger charge is -2.41. The predicted molar refractivity (Wildman–Crippen MR) is 59.6 cm³/mol. The number of likely N-dealkylation sites (tertiary alicyclic amines) is 1. The average molecular weight is 228 g/mol. The molecule has 0 saturated carbocycles. The van der Waals surface area contributed by atoms with Crippen LogP contribution in [0.25, 0.3) is 0 Å². The van der Waals surface area contributed by atoms with Gasteiger partial charge in [-0.3, -0.25) is 4.90 Å². The Balaban J connectivity index is 1.81. The lowest BCUT2D eigenvalue weighted by atomic mass is 10.0. The van der Waals surface area contributed by atoms with E-state index in [1.165, 1.54) is 4.90 Å². The Labute approximate surface area is 96.0 Å². The van der Waals surface area contributed by atoms with E-state index < -0.39 is 6.09 Å². The quantitative estimate of drug-likeness (QED) is 0.723. The smallest absolute Gasteiger partial charge is 0.407 e. The van der Waals surface area contributed by atoms with Crippen molar-refractivity contribution in [3.8, 4) is 0 Å². The molecule has 92 valence electrons. The molecule has 0 aromatic carbocycles. The van der Waals surface area contributed by atoms with Crippen molar-refractivity contribution in [1.29, 1.82) is 0 Å². The van der Waals surface area contributed by atoms with Crippen LogP contribution in [0.1, 0.15) is 19.8 Å². The summed E-state index contributed by atoms with van der Waals surface area (Å²) in [7, 11) is 0. The highest BCUT2D eigenvalue weighted by Crippen LogP contribution is 2.19. The van der Waals surface area contributed by atoms with Gasteiger partial charge >= 0.3 is 6.09 Å². The van der Waals surface area contributed by atoms with Gasteiger partial charge in [0.2, 0.25) is 0 Å². The normalized spacial score (nSPS) is 29.3. The Kier molecular flexibility index (Phi) is 3.66. The van der Waals surface area contributed by atoms with Gasteiger partial charge in [-0.05, 0) is 19.8 Å². The standard InChI is InChI=1S/C11H20N2O3/c1-9-8-13(6-7-16-9)10-2-4-12(5-3-10)11(14)15/h9-10H,2-8H2,1H3,(H,14,15)/t9-/m0/s1. The van der Waals surface area contributed by atoms with Crippen LogP contribution in [-0.2, 0) is 4.74 Å². The first-order chi connectivity index (χ1) is 7.66. The second kappa shape index (κ2) is 5.01. The number of amides is 1. The molecule has 0 radical (unpaired) electrons. The molecule has 1 atom stereocenters. The van der Waals surface area contributed by atoms with Gasteiger partial charge in [0.25, 0.3) is 0 Å². The van der Waals surface area contributed by atoms with Crippen molar-refractivity contribution in [3.63, 3.8) is 0 Å². The first kappa shape index (κ1) is 11.7. The van der Waals surface area contributed by atoms with Gasteiger partial charge < -0.3 is 14.7 Å². The zero-order valence-electron chi connectivity index (χ0n) is 9.76. The van der Waals surface area contributed by atoms with Crippen molar-refractivity contribution < 1.29 is 14.6 Å². The van der Waals surface area contributed by atoms with Crippen molar-refractivity contribution in [3.05, 3.63) is 0 Å². The molecule has 0 bridgehead atoms. The van der Waals surface area contributed by atoms with Gasteiger partial charge in [-0.25, -0.2) is 4.79 Å². The number of hydrogen-bond donors (Lipinski definition) is 1. The molecule has 16 heavy (non-hydrogen) atoms. The molecule has 2 saturated heterocycles. The number of rotatable bonds is 1. The van der Waals surface area contributed by atoms with E-state index in [1.54, 1.807) is 0 Å². The minimum atomic E-state index is -0.784. The molecule has 2 rings (SSSR count).